The van der Waals surface area contributed by atoms with E-state index < -0.39 is 0 Å². The van der Waals surface area contributed by atoms with E-state index in [4.69, 9.17) is 10.7 Å². The van der Waals surface area contributed by atoms with Gasteiger partial charge in [0.15, 0.2) is 0 Å². The molecule has 204 valence electrons. The highest BCUT2D eigenvalue weighted by Gasteiger charge is 2.32. The molecule has 0 aliphatic carbocycles. The summed E-state index contributed by atoms with van der Waals surface area (Å²) >= 11 is 0. The van der Waals surface area contributed by atoms with Gasteiger partial charge in [-0.3, -0.25) is 4.79 Å². The molecule has 0 aliphatic rings. The van der Waals surface area contributed by atoms with Crippen molar-refractivity contribution in [2.45, 2.75) is 39.8 Å². The molecule has 1 atom stereocenters. The van der Waals surface area contributed by atoms with E-state index >= 15 is 0 Å². The Labute approximate surface area is 237 Å². The summed E-state index contributed by atoms with van der Waals surface area (Å²) in [6, 6.07) is 34.9. The Balaban J connectivity index is 1.66. The summed E-state index contributed by atoms with van der Waals surface area (Å²) in [6.45, 7) is 8.13. The van der Waals surface area contributed by atoms with Crippen molar-refractivity contribution in [3.05, 3.63) is 126 Å². The predicted molar refractivity (Wildman–Crippen MR) is 164 cm³/mol. The normalized spacial score (nSPS) is 12.1. The smallest absolute Gasteiger partial charge is 0.254 e. The molecule has 5 aromatic rings. The maximum absolute atomic E-state index is 14.1. The molecule has 0 fully saturated rings. The van der Waals surface area contributed by atoms with Crippen molar-refractivity contribution in [3.8, 4) is 11.1 Å². The number of nitrogens with two attached hydrogens (primary N) is 1. The van der Waals surface area contributed by atoms with E-state index in [-0.39, 0.29) is 17.9 Å². The summed E-state index contributed by atoms with van der Waals surface area (Å²) in [7, 11) is 0. The first-order valence-corrected chi connectivity index (χ1v) is 14.1. The molecule has 0 radical (unpaired) electrons. The SMILES string of the molecule is Cc1ccc(C(=O)N(CCCN)C(c2nc3cc(-c4ccccc4)ccc3n2Cc2ccccc2)C(C)C)cc1. The number of aromatic nitrogens is 2. The van der Waals surface area contributed by atoms with Gasteiger partial charge in [0, 0.05) is 18.7 Å². The van der Waals surface area contributed by atoms with Crippen LogP contribution in [0.4, 0.5) is 0 Å². The van der Waals surface area contributed by atoms with Gasteiger partial charge < -0.3 is 15.2 Å². The molecular formula is C35H38N4O. The number of rotatable bonds is 10. The van der Waals surface area contributed by atoms with Gasteiger partial charge >= 0.3 is 0 Å². The molecule has 40 heavy (non-hydrogen) atoms. The molecule has 1 unspecified atom stereocenters. The van der Waals surface area contributed by atoms with Crippen LogP contribution in [0.15, 0.2) is 103 Å². The fourth-order valence-electron chi connectivity index (χ4n) is 5.40. The zero-order valence-corrected chi connectivity index (χ0v) is 23.6. The fourth-order valence-corrected chi connectivity index (χ4v) is 5.40. The standard InChI is InChI=1S/C35H38N4O/c1-25(2)33(38(22-10-21-36)35(40)29-17-15-26(3)16-18-29)34-37-31-23-30(28-13-8-5-9-14-28)19-20-32(31)39(34)24-27-11-6-4-7-12-27/h4-9,11-20,23,25,33H,10,21-22,24,36H2,1-3H3. The minimum Gasteiger partial charge on any atom is -0.330 e. The third-order valence-corrected chi connectivity index (χ3v) is 7.46. The Morgan fingerprint density at radius 3 is 2.20 bits per heavy atom. The van der Waals surface area contributed by atoms with Crippen molar-refractivity contribution in [1.29, 1.82) is 0 Å². The number of aryl methyl sites for hydroxylation is 1. The Bertz CT molecular complexity index is 1560. The van der Waals surface area contributed by atoms with Crippen LogP contribution in [0.1, 0.15) is 53.6 Å². The zero-order valence-electron chi connectivity index (χ0n) is 23.6. The van der Waals surface area contributed by atoms with E-state index in [0.29, 0.717) is 25.2 Å². The van der Waals surface area contributed by atoms with Gasteiger partial charge in [-0.2, -0.15) is 0 Å². The minimum absolute atomic E-state index is 0.00967. The molecule has 5 heteroatoms. The maximum Gasteiger partial charge on any atom is 0.254 e. The molecule has 1 heterocycles. The highest BCUT2D eigenvalue weighted by molar-refractivity contribution is 5.94. The van der Waals surface area contributed by atoms with Crippen molar-refractivity contribution in [1.82, 2.24) is 14.5 Å². The molecule has 5 nitrogen and oxygen atoms in total. The molecule has 0 spiro atoms. The summed E-state index contributed by atoms with van der Waals surface area (Å²) in [5, 5.41) is 0. The molecule has 0 bridgehead atoms. The second kappa shape index (κ2) is 12.3. The molecular weight excluding hydrogens is 492 g/mol. The third kappa shape index (κ3) is 5.85. The van der Waals surface area contributed by atoms with Crippen LogP contribution in [0, 0.1) is 12.8 Å². The molecule has 0 saturated carbocycles. The number of nitrogens with zero attached hydrogens (tertiary/aromatic N) is 3. The van der Waals surface area contributed by atoms with E-state index in [0.717, 1.165) is 40.0 Å². The van der Waals surface area contributed by atoms with Crippen LogP contribution < -0.4 is 5.73 Å². The number of benzene rings is 4. The van der Waals surface area contributed by atoms with E-state index in [1.54, 1.807) is 0 Å². The van der Waals surface area contributed by atoms with Gasteiger partial charge in [0.1, 0.15) is 5.82 Å². The molecule has 4 aromatic carbocycles. The second-order valence-corrected chi connectivity index (χ2v) is 10.8. The van der Waals surface area contributed by atoms with Crippen LogP contribution in [0.5, 0.6) is 0 Å². The maximum atomic E-state index is 14.1. The summed E-state index contributed by atoms with van der Waals surface area (Å²) < 4.78 is 2.29. The van der Waals surface area contributed by atoms with Gasteiger partial charge in [0.05, 0.1) is 17.1 Å². The van der Waals surface area contributed by atoms with Crippen LogP contribution in [0.2, 0.25) is 0 Å². The van der Waals surface area contributed by atoms with Crippen molar-refractivity contribution in [2.75, 3.05) is 13.1 Å². The number of hydrogen-bond acceptors (Lipinski definition) is 3. The van der Waals surface area contributed by atoms with Gasteiger partial charge in [0.25, 0.3) is 5.91 Å². The Kier molecular flexibility index (Phi) is 8.42. The summed E-state index contributed by atoms with van der Waals surface area (Å²) in [5.74, 6) is 1.04. The van der Waals surface area contributed by atoms with E-state index in [2.05, 4.69) is 85.1 Å². The number of hydrogen-bond donors (Lipinski definition) is 1. The highest BCUT2D eigenvalue weighted by atomic mass is 16.2. The average Bonchev–Trinajstić information content (AvgIpc) is 3.32. The van der Waals surface area contributed by atoms with Crippen molar-refractivity contribution >= 4 is 16.9 Å². The van der Waals surface area contributed by atoms with Gasteiger partial charge in [-0.25, -0.2) is 4.98 Å². The lowest BCUT2D eigenvalue weighted by Gasteiger charge is -2.34. The first-order chi connectivity index (χ1) is 19.5. The number of carbonyl (C=O) groups is 1. The largest absolute Gasteiger partial charge is 0.330 e. The van der Waals surface area contributed by atoms with Gasteiger partial charge in [-0.1, -0.05) is 98.3 Å². The van der Waals surface area contributed by atoms with Crippen molar-refractivity contribution in [2.24, 2.45) is 11.7 Å². The Morgan fingerprint density at radius 2 is 1.55 bits per heavy atom. The summed E-state index contributed by atoms with van der Waals surface area (Å²) in [5.41, 5.74) is 13.2. The molecule has 1 aromatic heterocycles. The average molecular weight is 531 g/mol. The van der Waals surface area contributed by atoms with Crippen LogP contribution in [-0.2, 0) is 6.54 Å². The number of amides is 1. The number of imidazole rings is 1. The zero-order chi connectivity index (χ0) is 28.1. The third-order valence-electron chi connectivity index (χ3n) is 7.46. The van der Waals surface area contributed by atoms with Gasteiger partial charge in [-0.15, -0.1) is 0 Å². The topological polar surface area (TPSA) is 64.2 Å². The number of fused-ring (bicyclic) bond motifs is 1. The quantitative estimate of drug-likeness (QED) is 0.207. The van der Waals surface area contributed by atoms with E-state index in [9.17, 15) is 4.79 Å². The van der Waals surface area contributed by atoms with Crippen LogP contribution in [-0.4, -0.2) is 33.4 Å². The molecule has 0 saturated heterocycles. The highest BCUT2D eigenvalue weighted by Crippen LogP contribution is 2.34. The van der Waals surface area contributed by atoms with Crippen LogP contribution in [0.3, 0.4) is 0 Å². The first-order valence-electron chi connectivity index (χ1n) is 14.1. The van der Waals surface area contributed by atoms with E-state index in [1.807, 2.05) is 48.2 Å². The monoisotopic (exact) mass is 530 g/mol. The lowest BCUT2D eigenvalue weighted by atomic mass is 9.99. The molecule has 5 rings (SSSR count). The van der Waals surface area contributed by atoms with Crippen LogP contribution >= 0.6 is 0 Å². The van der Waals surface area contributed by atoms with E-state index in [1.165, 1.54) is 5.56 Å². The molecule has 2 N–H and O–H groups in total. The molecule has 1 amide bonds. The van der Waals surface area contributed by atoms with Crippen molar-refractivity contribution < 1.29 is 4.79 Å². The fraction of sp³-hybridized carbons (Fsp3) is 0.257. The molecule has 0 aliphatic heterocycles. The van der Waals surface area contributed by atoms with Crippen LogP contribution in [0.25, 0.3) is 22.2 Å². The second-order valence-electron chi connectivity index (χ2n) is 10.8. The summed E-state index contributed by atoms with van der Waals surface area (Å²) in [6.07, 6.45) is 0.720. The predicted octanol–water partition coefficient (Wildman–Crippen LogP) is 7.25. The number of carbonyl (C=O) groups excluding carboxylic acids is 1. The van der Waals surface area contributed by atoms with Gasteiger partial charge in [-0.05, 0) is 66.8 Å². The Morgan fingerprint density at radius 1 is 0.875 bits per heavy atom. The van der Waals surface area contributed by atoms with Gasteiger partial charge in [0.2, 0.25) is 0 Å². The van der Waals surface area contributed by atoms with Crippen molar-refractivity contribution in [3.63, 3.8) is 0 Å². The lowest BCUT2D eigenvalue weighted by molar-refractivity contribution is 0.0605. The lowest BCUT2D eigenvalue weighted by Crippen LogP contribution is -2.40. The first kappa shape index (κ1) is 27.4. The minimum atomic E-state index is -0.225. The Hall–Kier alpha value is -4.22. The summed E-state index contributed by atoms with van der Waals surface area (Å²) in [4.78, 5) is 21.3.